The van der Waals surface area contributed by atoms with Gasteiger partial charge in [-0.05, 0) is 35.0 Å². The SMILES string of the molecule is NC(=O)c1cccn2c(=O)c3cc4ccccc4cc3nc12. The fourth-order valence-electron chi connectivity index (χ4n) is 2.71. The quantitative estimate of drug-likeness (QED) is 0.545. The number of rotatable bonds is 1. The Morgan fingerprint density at radius 1 is 1.05 bits per heavy atom. The van der Waals surface area contributed by atoms with E-state index in [-0.39, 0.29) is 16.8 Å². The number of fused-ring (bicyclic) bond motifs is 3. The first-order valence-corrected chi connectivity index (χ1v) is 6.79. The van der Waals surface area contributed by atoms with Crippen LogP contribution in [-0.2, 0) is 0 Å². The number of hydrogen-bond acceptors (Lipinski definition) is 3. The van der Waals surface area contributed by atoms with Gasteiger partial charge < -0.3 is 5.73 Å². The number of amides is 1. The highest BCUT2D eigenvalue weighted by atomic mass is 16.1. The maximum atomic E-state index is 12.7. The lowest BCUT2D eigenvalue weighted by atomic mass is 10.1. The number of carbonyl (C=O) groups excluding carboxylic acids is 1. The molecule has 0 aliphatic heterocycles. The molecule has 0 bridgehead atoms. The Hall–Kier alpha value is -3.21. The van der Waals surface area contributed by atoms with Crippen molar-refractivity contribution in [3.63, 3.8) is 0 Å². The van der Waals surface area contributed by atoms with Gasteiger partial charge in [-0.15, -0.1) is 0 Å². The first kappa shape index (κ1) is 12.5. The molecule has 5 heteroatoms. The third kappa shape index (κ3) is 1.69. The number of nitrogens with zero attached hydrogens (tertiary/aromatic N) is 2. The molecule has 22 heavy (non-hydrogen) atoms. The lowest BCUT2D eigenvalue weighted by Gasteiger charge is -2.07. The third-order valence-corrected chi connectivity index (χ3v) is 3.77. The van der Waals surface area contributed by atoms with Gasteiger partial charge in [0.15, 0.2) is 5.65 Å². The molecule has 0 radical (unpaired) electrons. The van der Waals surface area contributed by atoms with Gasteiger partial charge >= 0.3 is 0 Å². The number of primary amides is 1. The van der Waals surface area contributed by atoms with E-state index in [1.807, 2.05) is 36.4 Å². The number of nitrogens with two attached hydrogens (primary N) is 1. The van der Waals surface area contributed by atoms with E-state index < -0.39 is 5.91 Å². The van der Waals surface area contributed by atoms with Gasteiger partial charge in [0, 0.05) is 6.20 Å². The van der Waals surface area contributed by atoms with Gasteiger partial charge in [0.05, 0.1) is 16.5 Å². The second kappa shape index (κ2) is 4.39. The Balaban J connectivity index is 2.25. The Morgan fingerprint density at radius 2 is 1.77 bits per heavy atom. The standard InChI is InChI=1S/C17H11N3O2/c18-15(21)12-6-3-7-20-16(12)19-14-9-11-5-2-1-4-10(11)8-13(14)17(20)22/h1-9H,(H2,18,21). The fourth-order valence-corrected chi connectivity index (χ4v) is 2.71. The Kier molecular flexibility index (Phi) is 2.50. The average Bonchev–Trinajstić information content (AvgIpc) is 2.53. The topological polar surface area (TPSA) is 77.5 Å². The van der Waals surface area contributed by atoms with Crippen LogP contribution in [0.15, 0.2) is 59.5 Å². The molecule has 1 amide bonds. The highest BCUT2D eigenvalue weighted by Gasteiger charge is 2.12. The third-order valence-electron chi connectivity index (χ3n) is 3.77. The van der Waals surface area contributed by atoms with Crippen molar-refractivity contribution in [3.05, 3.63) is 70.6 Å². The highest BCUT2D eigenvalue weighted by Crippen LogP contribution is 2.20. The van der Waals surface area contributed by atoms with E-state index in [4.69, 9.17) is 5.73 Å². The van der Waals surface area contributed by atoms with Crippen molar-refractivity contribution in [1.82, 2.24) is 9.38 Å². The normalized spacial score (nSPS) is 11.3. The van der Waals surface area contributed by atoms with E-state index >= 15 is 0 Å². The summed E-state index contributed by atoms with van der Waals surface area (Å²) >= 11 is 0. The molecule has 0 saturated heterocycles. The van der Waals surface area contributed by atoms with E-state index in [1.165, 1.54) is 4.40 Å². The molecule has 4 rings (SSSR count). The monoisotopic (exact) mass is 289 g/mol. The smallest absolute Gasteiger partial charge is 0.265 e. The van der Waals surface area contributed by atoms with E-state index in [1.54, 1.807) is 18.3 Å². The summed E-state index contributed by atoms with van der Waals surface area (Å²) in [5.41, 5.74) is 6.22. The van der Waals surface area contributed by atoms with E-state index in [0.717, 1.165) is 10.8 Å². The molecule has 5 nitrogen and oxygen atoms in total. The summed E-state index contributed by atoms with van der Waals surface area (Å²) in [4.78, 5) is 28.7. The largest absolute Gasteiger partial charge is 0.365 e. The van der Waals surface area contributed by atoms with Gasteiger partial charge in [-0.1, -0.05) is 24.3 Å². The molecule has 2 aromatic heterocycles. The van der Waals surface area contributed by atoms with Crippen LogP contribution in [0.25, 0.3) is 27.3 Å². The molecule has 0 aliphatic rings. The molecule has 4 aromatic rings. The zero-order valence-electron chi connectivity index (χ0n) is 11.5. The van der Waals surface area contributed by atoms with Crippen molar-refractivity contribution in [2.45, 2.75) is 0 Å². The number of benzene rings is 2. The lowest BCUT2D eigenvalue weighted by molar-refractivity contribution is 0.100. The predicted molar refractivity (Wildman–Crippen MR) is 85.0 cm³/mol. The average molecular weight is 289 g/mol. The number of aromatic nitrogens is 2. The minimum atomic E-state index is -0.606. The molecule has 0 saturated carbocycles. The molecule has 2 N–H and O–H groups in total. The second-order valence-corrected chi connectivity index (χ2v) is 5.11. The Labute approximate surface area is 124 Å². The zero-order chi connectivity index (χ0) is 15.3. The summed E-state index contributed by atoms with van der Waals surface area (Å²) in [6.45, 7) is 0. The molecule has 2 heterocycles. The lowest BCUT2D eigenvalue weighted by Crippen LogP contribution is -2.20. The second-order valence-electron chi connectivity index (χ2n) is 5.11. The molecular weight excluding hydrogens is 278 g/mol. The van der Waals surface area contributed by atoms with Crippen LogP contribution in [0, 0.1) is 0 Å². The Bertz CT molecular complexity index is 1130. The number of carbonyl (C=O) groups is 1. The molecule has 0 aliphatic carbocycles. The van der Waals surface area contributed by atoms with E-state index in [2.05, 4.69) is 4.98 Å². The molecule has 0 fully saturated rings. The van der Waals surface area contributed by atoms with Gasteiger partial charge in [-0.2, -0.15) is 0 Å². The zero-order valence-corrected chi connectivity index (χ0v) is 11.5. The minimum absolute atomic E-state index is 0.214. The van der Waals surface area contributed by atoms with Gasteiger partial charge in [0.25, 0.3) is 11.5 Å². The summed E-state index contributed by atoms with van der Waals surface area (Å²) in [7, 11) is 0. The van der Waals surface area contributed by atoms with Gasteiger partial charge in [-0.3, -0.25) is 14.0 Å². The van der Waals surface area contributed by atoms with Crippen LogP contribution in [0.4, 0.5) is 0 Å². The van der Waals surface area contributed by atoms with Crippen molar-refractivity contribution >= 4 is 33.2 Å². The highest BCUT2D eigenvalue weighted by molar-refractivity contribution is 6.01. The van der Waals surface area contributed by atoms with Crippen LogP contribution < -0.4 is 11.3 Å². The fraction of sp³-hybridized carbons (Fsp3) is 0. The summed E-state index contributed by atoms with van der Waals surface area (Å²) in [6.07, 6.45) is 1.59. The maximum absolute atomic E-state index is 12.7. The van der Waals surface area contributed by atoms with Gasteiger partial charge in [0.1, 0.15) is 0 Å². The van der Waals surface area contributed by atoms with Crippen molar-refractivity contribution in [2.75, 3.05) is 0 Å². The number of hydrogen-bond donors (Lipinski definition) is 1. The molecule has 106 valence electrons. The van der Waals surface area contributed by atoms with Crippen molar-refractivity contribution in [3.8, 4) is 0 Å². The van der Waals surface area contributed by atoms with Crippen LogP contribution in [-0.4, -0.2) is 15.3 Å². The predicted octanol–water partition coefficient (Wildman–Crippen LogP) is 2.10. The van der Waals surface area contributed by atoms with Crippen LogP contribution in [0.5, 0.6) is 0 Å². The Morgan fingerprint density at radius 3 is 2.50 bits per heavy atom. The number of pyridine rings is 1. The van der Waals surface area contributed by atoms with Crippen LogP contribution in [0.3, 0.4) is 0 Å². The van der Waals surface area contributed by atoms with Gasteiger partial charge in [0.2, 0.25) is 0 Å². The first-order chi connectivity index (χ1) is 10.6. The molecule has 0 spiro atoms. The summed E-state index contributed by atoms with van der Waals surface area (Å²) < 4.78 is 1.36. The molecular formula is C17H11N3O2. The molecule has 0 atom stereocenters. The van der Waals surface area contributed by atoms with E-state index in [9.17, 15) is 9.59 Å². The van der Waals surface area contributed by atoms with Crippen LogP contribution in [0.1, 0.15) is 10.4 Å². The minimum Gasteiger partial charge on any atom is -0.365 e. The van der Waals surface area contributed by atoms with Crippen molar-refractivity contribution < 1.29 is 4.79 Å². The first-order valence-electron chi connectivity index (χ1n) is 6.79. The maximum Gasteiger partial charge on any atom is 0.265 e. The summed E-state index contributed by atoms with van der Waals surface area (Å²) in [5, 5.41) is 2.47. The summed E-state index contributed by atoms with van der Waals surface area (Å²) in [5.74, 6) is -0.606. The van der Waals surface area contributed by atoms with Crippen LogP contribution in [0.2, 0.25) is 0 Å². The molecule has 0 unspecified atom stereocenters. The molecule has 2 aromatic carbocycles. The van der Waals surface area contributed by atoms with Gasteiger partial charge in [-0.25, -0.2) is 4.98 Å². The van der Waals surface area contributed by atoms with E-state index in [0.29, 0.717) is 10.9 Å². The van der Waals surface area contributed by atoms with Crippen LogP contribution >= 0.6 is 0 Å². The van der Waals surface area contributed by atoms with Crippen molar-refractivity contribution in [2.24, 2.45) is 5.73 Å². The van der Waals surface area contributed by atoms with Crippen molar-refractivity contribution in [1.29, 1.82) is 0 Å². The summed E-state index contributed by atoms with van der Waals surface area (Å²) in [6, 6.07) is 14.6.